The lowest BCUT2D eigenvalue weighted by atomic mass is 10.2. The van der Waals surface area contributed by atoms with Crippen LogP contribution in [0.15, 0.2) is 0 Å². The van der Waals surface area contributed by atoms with E-state index >= 15 is 0 Å². The van der Waals surface area contributed by atoms with Gasteiger partial charge in [-0.25, -0.2) is 0 Å². The molecule has 0 aromatic carbocycles. The van der Waals surface area contributed by atoms with Gasteiger partial charge in [0.1, 0.15) is 0 Å². The number of halogens is 1. The van der Waals surface area contributed by atoms with Gasteiger partial charge in [-0.2, -0.15) is 0 Å². The smallest absolute Gasteiger partial charge is 0.0589 e. The highest BCUT2D eigenvalue weighted by Gasteiger charge is 2.03. The molecular formula is C13H28ClNO2. The number of unbranched alkanes of at least 4 members (excludes halogenated alkanes) is 3. The number of hydrogen-bond acceptors (Lipinski definition) is 3. The van der Waals surface area contributed by atoms with Gasteiger partial charge in [-0.05, 0) is 25.8 Å². The maximum atomic E-state index is 5.66. The quantitative estimate of drug-likeness (QED) is 0.378. The van der Waals surface area contributed by atoms with Crippen molar-refractivity contribution in [1.29, 1.82) is 0 Å². The molecular weight excluding hydrogens is 238 g/mol. The zero-order valence-electron chi connectivity index (χ0n) is 11.4. The van der Waals surface area contributed by atoms with Crippen LogP contribution in [0.4, 0.5) is 0 Å². The van der Waals surface area contributed by atoms with Crippen LogP contribution in [0.5, 0.6) is 0 Å². The van der Waals surface area contributed by atoms with Crippen LogP contribution in [0.25, 0.3) is 0 Å². The van der Waals surface area contributed by atoms with E-state index in [-0.39, 0.29) is 0 Å². The molecule has 0 radical (unpaired) electrons. The average molecular weight is 266 g/mol. The van der Waals surface area contributed by atoms with Gasteiger partial charge in [0.05, 0.1) is 6.61 Å². The lowest BCUT2D eigenvalue weighted by molar-refractivity contribution is 0.131. The van der Waals surface area contributed by atoms with Gasteiger partial charge < -0.3 is 14.4 Å². The van der Waals surface area contributed by atoms with Crippen LogP contribution in [-0.4, -0.2) is 57.8 Å². The predicted octanol–water partition coefficient (Wildman–Crippen LogP) is 2.77. The highest BCUT2D eigenvalue weighted by atomic mass is 35.5. The molecule has 17 heavy (non-hydrogen) atoms. The van der Waals surface area contributed by atoms with Crippen LogP contribution in [0.1, 0.15) is 32.1 Å². The fraction of sp³-hybridized carbons (Fsp3) is 1.00. The second-order valence-electron chi connectivity index (χ2n) is 4.28. The molecule has 0 atom stereocenters. The fourth-order valence-electron chi connectivity index (χ4n) is 1.77. The summed E-state index contributed by atoms with van der Waals surface area (Å²) in [6.45, 7) is 4.95. The highest BCUT2D eigenvalue weighted by Crippen LogP contribution is 2.03. The Balaban J connectivity index is 3.53. The Labute approximate surface area is 111 Å². The van der Waals surface area contributed by atoms with Gasteiger partial charge in [-0.3, -0.25) is 0 Å². The van der Waals surface area contributed by atoms with E-state index < -0.39 is 0 Å². The van der Waals surface area contributed by atoms with Crippen LogP contribution in [0, 0.1) is 0 Å². The molecule has 0 aliphatic heterocycles. The van der Waals surface area contributed by atoms with Gasteiger partial charge in [0, 0.05) is 39.8 Å². The van der Waals surface area contributed by atoms with Gasteiger partial charge >= 0.3 is 0 Å². The molecule has 0 spiro atoms. The van der Waals surface area contributed by atoms with Gasteiger partial charge in [0.15, 0.2) is 0 Å². The zero-order chi connectivity index (χ0) is 12.8. The van der Waals surface area contributed by atoms with E-state index in [1.807, 2.05) is 0 Å². The van der Waals surface area contributed by atoms with Gasteiger partial charge in [-0.15, -0.1) is 11.6 Å². The van der Waals surface area contributed by atoms with Crippen molar-refractivity contribution in [3.05, 3.63) is 0 Å². The van der Waals surface area contributed by atoms with Crippen LogP contribution in [0.3, 0.4) is 0 Å². The van der Waals surface area contributed by atoms with E-state index in [4.69, 9.17) is 21.1 Å². The molecule has 0 aromatic rings. The topological polar surface area (TPSA) is 21.7 Å². The van der Waals surface area contributed by atoms with E-state index in [1.54, 1.807) is 14.2 Å². The molecule has 0 saturated heterocycles. The van der Waals surface area contributed by atoms with Crippen molar-refractivity contribution in [3.63, 3.8) is 0 Å². The Kier molecular flexibility index (Phi) is 14.4. The summed E-state index contributed by atoms with van der Waals surface area (Å²) in [6.07, 6.45) is 6.03. The minimum absolute atomic E-state index is 0.793. The molecule has 0 bridgehead atoms. The van der Waals surface area contributed by atoms with E-state index in [0.717, 1.165) is 51.6 Å². The van der Waals surface area contributed by atoms with Crippen molar-refractivity contribution in [2.75, 3.05) is 52.9 Å². The molecule has 3 nitrogen and oxygen atoms in total. The van der Waals surface area contributed by atoms with Gasteiger partial charge in [0.2, 0.25) is 0 Å². The lowest BCUT2D eigenvalue weighted by Crippen LogP contribution is -2.30. The molecule has 0 N–H and O–H groups in total. The molecule has 104 valence electrons. The first-order valence-electron chi connectivity index (χ1n) is 6.61. The number of nitrogens with zero attached hydrogens (tertiary/aromatic N) is 1. The number of methoxy groups -OCH3 is 2. The maximum absolute atomic E-state index is 5.66. The molecule has 0 unspecified atom stereocenters. The molecule has 0 aliphatic carbocycles. The first-order valence-corrected chi connectivity index (χ1v) is 7.14. The maximum Gasteiger partial charge on any atom is 0.0589 e. The number of rotatable bonds is 13. The summed E-state index contributed by atoms with van der Waals surface area (Å²) < 4.78 is 10.2. The van der Waals surface area contributed by atoms with E-state index in [9.17, 15) is 0 Å². The third-order valence-electron chi connectivity index (χ3n) is 2.79. The second-order valence-corrected chi connectivity index (χ2v) is 4.66. The lowest BCUT2D eigenvalue weighted by Gasteiger charge is -2.21. The second kappa shape index (κ2) is 14.2. The van der Waals surface area contributed by atoms with Crippen molar-refractivity contribution in [2.24, 2.45) is 0 Å². The third kappa shape index (κ3) is 12.4. The first kappa shape index (κ1) is 17.2. The molecule has 0 aliphatic rings. The van der Waals surface area contributed by atoms with E-state index in [1.165, 1.54) is 19.3 Å². The Morgan fingerprint density at radius 2 is 1.41 bits per heavy atom. The molecule has 0 aromatic heterocycles. The van der Waals surface area contributed by atoms with E-state index in [0.29, 0.717) is 0 Å². The highest BCUT2D eigenvalue weighted by molar-refractivity contribution is 6.17. The number of ether oxygens (including phenoxy) is 2. The van der Waals surface area contributed by atoms with Crippen molar-refractivity contribution in [2.45, 2.75) is 32.1 Å². The largest absolute Gasteiger partial charge is 0.385 e. The van der Waals surface area contributed by atoms with Crippen molar-refractivity contribution in [1.82, 2.24) is 4.90 Å². The minimum Gasteiger partial charge on any atom is -0.385 e. The summed E-state index contributed by atoms with van der Waals surface area (Å²) in [5.41, 5.74) is 0. The van der Waals surface area contributed by atoms with E-state index in [2.05, 4.69) is 4.90 Å². The van der Waals surface area contributed by atoms with Crippen molar-refractivity contribution < 1.29 is 9.47 Å². The Hall–Kier alpha value is 0.170. The SMILES string of the molecule is COCCCN(CCCCCCCl)CCOC. The molecule has 0 amide bonds. The minimum atomic E-state index is 0.793. The summed E-state index contributed by atoms with van der Waals surface area (Å²) in [5.74, 6) is 0.793. The molecule has 0 heterocycles. The summed E-state index contributed by atoms with van der Waals surface area (Å²) in [4.78, 5) is 2.46. The number of hydrogen-bond donors (Lipinski definition) is 0. The van der Waals surface area contributed by atoms with Crippen LogP contribution < -0.4 is 0 Å². The first-order chi connectivity index (χ1) is 8.35. The van der Waals surface area contributed by atoms with Gasteiger partial charge in [-0.1, -0.05) is 12.8 Å². The molecule has 0 fully saturated rings. The standard InChI is InChI=1S/C13H28ClNO2/c1-16-12-7-10-15(11-13-17-2)9-6-4-3-5-8-14/h3-13H2,1-2H3. The molecule has 0 rings (SSSR count). The Morgan fingerprint density at radius 3 is 2.06 bits per heavy atom. The monoisotopic (exact) mass is 265 g/mol. The zero-order valence-corrected chi connectivity index (χ0v) is 12.2. The third-order valence-corrected chi connectivity index (χ3v) is 3.06. The fourth-order valence-corrected chi connectivity index (χ4v) is 1.96. The number of alkyl halides is 1. The molecule has 0 saturated carbocycles. The summed E-state index contributed by atoms with van der Waals surface area (Å²) >= 11 is 5.66. The normalized spacial score (nSPS) is 11.3. The van der Waals surface area contributed by atoms with Crippen LogP contribution >= 0.6 is 11.6 Å². The average Bonchev–Trinajstić information content (AvgIpc) is 2.35. The Morgan fingerprint density at radius 1 is 0.765 bits per heavy atom. The van der Waals surface area contributed by atoms with Crippen LogP contribution in [-0.2, 0) is 9.47 Å². The summed E-state index contributed by atoms with van der Waals surface area (Å²) in [5, 5.41) is 0. The van der Waals surface area contributed by atoms with Crippen LogP contribution in [0.2, 0.25) is 0 Å². The summed E-state index contributed by atoms with van der Waals surface area (Å²) in [6, 6.07) is 0. The summed E-state index contributed by atoms with van der Waals surface area (Å²) in [7, 11) is 3.51. The van der Waals surface area contributed by atoms with Crippen molar-refractivity contribution >= 4 is 11.6 Å². The Bertz CT molecular complexity index is 147. The predicted molar refractivity (Wildman–Crippen MR) is 74.0 cm³/mol. The molecule has 4 heteroatoms. The van der Waals surface area contributed by atoms with Crippen molar-refractivity contribution in [3.8, 4) is 0 Å². The van der Waals surface area contributed by atoms with Gasteiger partial charge in [0.25, 0.3) is 0 Å².